The number of carbonyl (C=O) groups is 1. The molecule has 3 rings (SSSR count). The first kappa shape index (κ1) is 24.2. The summed E-state index contributed by atoms with van der Waals surface area (Å²) in [6.07, 6.45) is 3.09. The number of imidazole rings is 1. The molecular formula is C23H29ClN4O3S. The van der Waals surface area contributed by atoms with Gasteiger partial charge in [-0.1, -0.05) is 50.4 Å². The number of nitrogens with one attached hydrogen (secondary N) is 1. The first-order valence-corrected chi connectivity index (χ1v) is 12.8. The summed E-state index contributed by atoms with van der Waals surface area (Å²) in [7, 11) is -3.71. The molecule has 172 valence electrons. The van der Waals surface area contributed by atoms with Crippen molar-refractivity contribution in [3.63, 3.8) is 0 Å². The molecule has 3 aromatic rings. The monoisotopic (exact) mass is 476 g/mol. The van der Waals surface area contributed by atoms with Crippen molar-refractivity contribution in [3.05, 3.63) is 57.5 Å². The van der Waals surface area contributed by atoms with Gasteiger partial charge in [-0.25, -0.2) is 23.1 Å². The van der Waals surface area contributed by atoms with Crippen LogP contribution in [0.2, 0.25) is 5.02 Å². The Labute approximate surface area is 194 Å². The maximum Gasteiger partial charge on any atom is 0.283 e. The third kappa shape index (κ3) is 5.48. The molecule has 0 aliphatic carbocycles. The lowest BCUT2D eigenvalue weighted by Gasteiger charge is -2.11. The lowest BCUT2D eigenvalue weighted by Crippen LogP contribution is -2.33. The average molecular weight is 477 g/mol. The molecule has 1 N–H and O–H groups in total. The van der Waals surface area contributed by atoms with Crippen LogP contribution in [0.15, 0.2) is 24.3 Å². The van der Waals surface area contributed by atoms with Crippen LogP contribution in [0, 0.1) is 13.8 Å². The maximum absolute atomic E-state index is 12.7. The SMILES string of the molecule is CCCCCS(=O)(=O)NC(=O)c1cc(C)c2nc(C)n(Cc3ccc(CC)cc3Cl)c2n1. The molecule has 0 radical (unpaired) electrons. The second-order valence-corrected chi connectivity index (χ2v) is 10.2. The van der Waals surface area contributed by atoms with Crippen LogP contribution in [0.3, 0.4) is 0 Å². The van der Waals surface area contributed by atoms with Crippen molar-refractivity contribution in [3.8, 4) is 0 Å². The van der Waals surface area contributed by atoms with Gasteiger partial charge >= 0.3 is 0 Å². The van der Waals surface area contributed by atoms with Gasteiger partial charge in [-0.05, 0) is 55.5 Å². The van der Waals surface area contributed by atoms with E-state index in [0.29, 0.717) is 29.2 Å². The van der Waals surface area contributed by atoms with E-state index >= 15 is 0 Å². The second kappa shape index (κ2) is 10.0. The first-order chi connectivity index (χ1) is 15.1. The zero-order valence-electron chi connectivity index (χ0n) is 18.9. The smallest absolute Gasteiger partial charge is 0.283 e. The molecule has 0 aliphatic heterocycles. The van der Waals surface area contributed by atoms with Crippen LogP contribution in [0.1, 0.15) is 66.1 Å². The van der Waals surface area contributed by atoms with Crippen molar-refractivity contribution >= 4 is 38.7 Å². The molecule has 2 aromatic heterocycles. The Morgan fingerprint density at radius 1 is 1.12 bits per heavy atom. The molecule has 0 spiro atoms. The number of hydrogen-bond acceptors (Lipinski definition) is 5. The van der Waals surface area contributed by atoms with Crippen LogP contribution in [-0.4, -0.2) is 34.6 Å². The van der Waals surface area contributed by atoms with E-state index in [-0.39, 0.29) is 11.4 Å². The molecule has 0 bridgehead atoms. The highest BCUT2D eigenvalue weighted by molar-refractivity contribution is 7.90. The summed E-state index contributed by atoms with van der Waals surface area (Å²) in [5.41, 5.74) is 4.05. The predicted molar refractivity (Wildman–Crippen MR) is 128 cm³/mol. The number of nitrogens with zero attached hydrogens (tertiary/aromatic N) is 3. The number of benzene rings is 1. The Balaban J connectivity index is 1.94. The van der Waals surface area contributed by atoms with E-state index in [1.165, 1.54) is 0 Å². The molecule has 0 saturated carbocycles. The number of amides is 1. The summed E-state index contributed by atoms with van der Waals surface area (Å²) in [5.74, 6) is -0.0879. The summed E-state index contributed by atoms with van der Waals surface area (Å²) in [6.45, 7) is 8.20. The Morgan fingerprint density at radius 3 is 2.53 bits per heavy atom. The highest BCUT2D eigenvalue weighted by Gasteiger charge is 2.20. The quantitative estimate of drug-likeness (QED) is 0.457. The summed E-state index contributed by atoms with van der Waals surface area (Å²) < 4.78 is 28.5. The zero-order valence-corrected chi connectivity index (χ0v) is 20.5. The van der Waals surface area contributed by atoms with Crippen LogP contribution in [0.4, 0.5) is 0 Å². The van der Waals surface area contributed by atoms with Crippen molar-refractivity contribution in [1.82, 2.24) is 19.3 Å². The Bertz CT molecular complexity index is 1250. The minimum atomic E-state index is -3.71. The number of unbranched alkanes of at least 4 members (excludes halogenated alkanes) is 2. The lowest BCUT2D eigenvalue weighted by atomic mass is 10.1. The Kier molecular flexibility index (Phi) is 7.56. The highest BCUT2D eigenvalue weighted by atomic mass is 35.5. The van der Waals surface area contributed by atoms with Gasteiger partial charge in [-0.3, -0.25) is 4.79 Å². The van der Waals surface area contributed by atoms with Gasteiger partial charge in [0.15, 0.2) is 5.65 Å². The van der Waals surface area contributed by atoms with Crippen molar-refractivity contribution in [1.29, 1.82) is 0 Å². The number of carbonyl (C=O) groups excluding carboxylic acids is 1. The van der Waals surface area contributed by atoms with Gasteiger partial charge in [0.05, 0.1) is 12.3 Å². The number of pyridine rings is 1. The van der Waals surface area contributed by atoms with Gasteiger partial charge in [0, 0.05) is 5.02 Å². The fourth-order valence-electron chi connectivity index (χ4n) is 3.55. The van der Waals surface area contributed by atoms with Crippen LogP contribution in [-0.2, 0) is 23.0 Å². The molecule has 0 aliphatic rings. The van der Waals surface area contributed by atoms with E-state index in [1.807, 2.05) is 43.5 Å². The van der Waals surface area contributed by atoms with Crippen LogP contribution in [0.25, 0.3) is 11.2 Å². The maximum atomic E-state index is 12.7. The predicted octanol–water partition coefficient (Wildman–Crippen LogP) is 4.56. The largest absolute Gasteiger partial charge is 0.308 e. The van der Waals surface area contributed by atoms with E-state index in [4.69, 9.17) is 11.6 Å². The molecular weight excluding hydrogens is 448 g/mol. The normalized spacial score (nSPS) is 11.8. The molecule has 0 atom stereocenters. The third-order valence-electron chi connectivity index (χ3n) is 5.44. The molecule has 1 aromatic carbocycles. The topological polar surface area (TPSA) is 94.0 Å². The summed E-state index contributed by atoms with van der Waals surface area (Å²) in [6, 6.07) is 7.54. The molecule has 9 heteroatoms. The standard InChI is InChI=1S/C23H29ClN4O3S/c1-5-7-8-11-32(30,31)27-23(29)20-12-15(3)21-22(26-20)28(16(4)25-21)14-18-10-9-17(6-2)13-19(18)24/h9-10,12-13H,5-8,11,14H2,1-4H3,(H,27,29). The minimum absolute atomic E-state index is 0.0441. The highest BCUT2D eigenvalue weighted by Crippen LogP contribution is 2.24. The van der Waals surface area contributed by atoms with E-state index in [2.05, 4.69) is 21.6 Å². The van der Waals surface area contributed by atoms with Gasteiger partial charge < -0.3 is 4.57 Å². The van der Waals surface area contributed by atoms with Crippen molar-refractivity contribution < 1.29 is 13.2 Å². The fraction of sp³-hybridized carbons (Fsp3) is 0.435. The van der Waals surface area contributed by atoms with Crippen molar-refractivity contribution in [2.45, 2.75) is 59.9 Å². The summed E-state index contributed by atoms with van der Waals surface area (Å²) in [5, 5.41) is 0.661. The lowest BCUT2D eigenvalue weighted by molar-refractivity contribution is 0.0976. The van der Waals surface area contributed by atoms with Gasteiger partial charge in [-0.2, -0.15) is 0 Å². The van der Waals surface area contributed by atoms with Crippen molar-refractivity contribution in [2.24, 2.45) is 0 Å². The molecule has 32 heavy (non-hydrogen) atoms. The Hall–Kier alpha value is -2.45. The first-order valence-electron chi connectivity index (χ1n) is 10.8. The van der Waals surface area contributed by atoms with E-state index < -0.39 is 15.9 Å². The molecule has 2 heterocycles. The molecule has 0 unspecified atom stereocenters. The van der Waals surface area contributed by atoms with E-state index in [1.54, 1.807) is 6.07 Å². The summed E-state index contributed by atoms with van der Waals surface area (Å²) in [4.78, 5) is 21.8. The van der Waals surface area contributed by atoms with E-state index in [0.717, 1.165) is 41.8 Å². The van der Waals surface area contributed by atoms with Gasteiger partial charge in [0.2, 0.25) is 10.0 Å². The minimum Gasteiger partial charge on any atom is -0.308 e. The number of fused-ring (bicyclic) bond motifs is 1. The third-order valence-corrected chi connectivity index (χ3v) is 7.11. The number of aromatic nitrogens is 3. The Morgan fingerprint density at radius 2 is 1.88 bits per heavy atom. The number of rotatable bonds is 9. The summed E-state index contributed by atoms with van der Waals surface area (Å²) >= 11 is 6.48. The second-order valence-electron chi connectivity index (χ2n) is 7.98. The van der Waals surface area contributed by atoms with Crippen LogP contribution >= 0.6 is 11.6 Å². The van der Waals surface area contributed by atoms with Crippen molar-refractivity contribution in [2.75, 3.05) is 5.75 Å². The van der Waals surface area contributed by atoms with Gasteiger partial charge in [-0.15, -0.1) is 0 Å². The van der Waals surface area contributed by atoms with Gasteiger partial charge in [0.25, 0.3) is 5.91 Å². The van der Waals surface area contributed by atoms with Gasteiger partial charge in [0.1, 0.15) is 17.0 Å². The van der Waals surface area contributed by atoms with E-state index in [9.17, 15) is 13.2 Å². The molecule has 1 amide bonds. The molecule has 0 fully saturated rings. The van der Waals surface area contributed by atoms with Crippen LogP contribution < -0.4 is 4.72 Å². The number of halogens is 1. The van der Waals surface area contributed by atoms with Crippen LogP contribution in [0.5, 0.6) is 0 Å². The molecule has 0 saturated heterocycles. The number of hydrogen-bond donors (Lipinski definition) is 1. The molecule has 7 nitrogen and oxygen atoms in total. The average Bonchev–Trinajstić information content (AvgIpc) is 3.05. The zero-order chi connectivity index (χ0) is 23.5. The number of aryl methyl sites for hydroxylation is 3. The number of sulfonamides is 1. The fourth-order valence-corrected chi connectivity index (χ4v) is 4.89.